The van der Waals surface area contributed by atoms with Gasteiger partial charge in [-0.05, 0) is 61.7 Å². The lowest BCUT2D eigenvalue weighted by atomic mass is 9.71. The minimum Gasteiger partial charge on any atom is -0.462 e. The van der Waals surface area contributed by atoms with E-state index in [0.717, 1.165) is 31.6 Å². The zero-order valence-corrected chi connectivity index (χ0v) is 16.4. The van der Waals surface area contributed by atoms with Crippen molar-refractivity contribution in [1.82, 2.24) is 5.32 Å². The van der Waals surface area contributed by atoms with Crippen LogP contribution in [0.15, 0.2) is 12.7 Å². The van der Waals surface area contributed by atoms with Crippen LogP contribution in [-0.4, -0.2) is 31.8 Å². The van der Waals surface area contributed by atoms with Gasteiger partial charge in [0.2, 0.25) is 0 Å². The van der Waals surface area contributed by atoms with Crippen LogP contribution in [0.25, 0.3) is 0 Å². The number of carbonyl (C=O) groups excluding carboxylic acids is 2. The predicted octanol–water partition coefficient (Wildman–Crippen LogP) is 4.46. The molecule has 2 rings (SSSR count). The van der Waals surface area contributed by atoms with E-state index in [-0.39, 0.29) is 17.5 Å². The van der Waals surface area contributed by atoms with Crippen molar-refractivity contribution in [3.63, 3.8) is 0 Å². The number of alkyl carbamates (subject to hydrolysis) is 1. The van der Waals surface area contributed by atoms with Crippen LogP contribution in [0.1, 0.15) is 65.2 Å². The van der Waals surface area contributed by atoms with Crippen LogP contribution in [0.3, 0.4) is 0 Å². The zero-order valence-electron chi connectivity index (χ0n) is 16.4. The third-order valence-electron chi connectivity index (χ3n) is 6.02. The summed E-state index contributed by atoms with van der Waals surface area (Å²) >= 11 is 0. The molecule has 1 N–H and O–H groups in total. The molecule has 1 amide bonds. The second-order valence-electron chi connectivity index (χ2n) is 8.69. The SMILES string of the molecule is C=CC(=O)OCC1CCC(COC(=O)NCC2(C)CCCC(C)C2)CC1. The Kier molecular flexibility index (Phi) is 7.98. The van der Waals surface area contributed by atoms with Crippen LogP contribution >= 0.6 is 0 Å². The number of nitrogens with one attached hydrogen (secondary N) is 1. The number of hydrogen-bond donors (Lipinski definition) is 1. The summed E-state index contributed by atoms with van der Waals surface area (Å²) in [5, 5.41) is 2.97. The zero-order chi connectivity index (χ0) is 19.0. The summed E-state index contributed by atoms with van der Waals surface area (Å²) in [6.45, 7) is 9.62. The monoisotopic (exact) mass is 365 g/mol. The molecule has 2 aliphatic rings. The van der Waals surface area contributed by atoms with E-state index >= 15 is 0 Å². The normalized spacial score (nSPS) is 31.7. The fourth-order valence-corrected chi connectivity index (χ4v) is 4.44. The first-order valence-electron chi connectivity index (χ1n) is 10.1. The lowest BCUT2D eigenvalue weighted by molar-refractivity contribution is -0.139. The molecule has 2 unspecified atom stereocenters. The third kappa shape index (κ3) is 7.00. The molecule has 0 aliphatic heterocycles. The van der Waals surface area contributed by atoms with Gasteiger partial charge in [-0.3, -0.25) is 0 Å². The van der Waals surface area contributed by atoms with Gasteiger partial charge in [0.05, 0.1) is 13.2 Å². The second kappa shape index (κ2) is 9.98. The molecule has 2 atom stereocenters. The van der Waals surface area contributed by atoms with Crippen LogP contribution in [0.5, 0.6) is 0 Å². The summed E-state index contributed by atoms with van der Waals surface area (Å²) in [5.74, 6) is 1.22. The largest absolute Gasteiger partial charge is 0.462 e. The molecule has 0 bridgehead atoms. The van der Waals surface area contributed by atoms with Crippen molar-refractivity contribution in [1.29, 1.82) is 0 Å². The molecule has 0 heterocycles. The van der Waals surface area contributed by atoms with Crippen LogP contribution in [0.2, 0.25) is 0 Å². The van der Waals surface area contributed by atoms with Crippen molar-refractivity contribution in [2.24, 2.45) is 23.2 Å². The number of rotatable bonds is 7. The van der Waals surface area contributed by atoms with E-state index in [9.17, 15) is 9.59 Å². The Bertz CT molecular complexity index is 484. The molecule has 2 saturated carbocycles. The number of esters is 1. The third-order valence-corrected chi connectivity index (χ3v) is 6.02. The van der Waals surface area contributed by atoms with E-state index in [0.29, 0.717) is 31.6 Å². The van der Waals surface area contributed by atoms with Crippen molar-refractivity contribution in [3.05, 3.63) is 12.7 Å². The fraction of sp³-hybridized carbons (Fsp3) is 0.810. The van der Waals surface area contributed by atoms with Gasteiger partial charge in [-0.1, -0.05) is 33.3 Å². The Morgan fingerprint density at radius 2 is 1.73 bits per heavy atom. The summed E-state index contributed by atoms with van der Waals surface area (Å²) < 4.78 is 10.6. The van der Waals surface area contributed by atoms with Gasteiger partial charge in [0, 0.05) is 12.6 Å². The first kappa shape index (κ1) is 20.8. The van der Waals surface area contributed by atoms with Gasteiger partial charge in [-0.15, -0.1) is 0 Å². The van der Waals surface area contributed by atoms with Crippen LogP contribution in [-0.2, 0) is 14.3 Å². The summed E-state index contributed by atoms with van der Waals surface area (Å²) in [5.41, 5.74) is 0.206. The summed E-state index contributed by atoms with van der Waals surface area (Å²) in [4.78, 5) is 23.1. The molecular formula is C21H35NO4. The minimum absolute atomic E-state index is 0.206. The van der Waals surface area contributed by atoms with E-state index in [1.54, 1.807) is 0 Å². The van der Waals surface area contributed by atoms with Crippen LogP contribution in [0, 0.1) is 23.2 Å². The Balaban J connectivity index is 1.58. The smallest absolute Gasteiger partial charge is 0.407 e. The summed E-state index contributed by atoms with van der Waals surface area (Å²) in [7, 11) is 0. The minimum atomic E-state index is -0.354. The molecule has 0 spiro atoms. The van der Waals surface area contributed by atoms with Gasteiger partial charge in [-0.2, -0.15) is 0 Å². The average Bonchev–Trinajstić information content (AvgIpc) is 2.63. The molecule has 2 fully saturated rings. The van der Waals surface area contributed by atoms with Gasteiger partial charge in [0.25, 0.3) is 0 Å². The second-order valence-corrected chi connectivity index (χ2v) is 8.69. The van der Waals surface area contributed by atoms with Crippen LogP contribution < -0.4 is 5.32 Å². The highest BCUT2D eigenvalue weighted by molar-refractivity contribution is 5.81. The predicted molar refractivity (Wildman–Crippen MR) is 102 cm³/mol. The molecule has 0 radical (unpaired) electrons. The highest BCUT2D eigenvalue weighted by atomic mass is 16.5. The Morgan fingerprint density at radius 3 is 2.31 bits per heavy atom. The standard InChI is InChI=1S/C21H35NO4/c1-4-19(23)25-13-17-7-9-18(10-8-17)14-26-20(24)22-15-21(3)11-5-6-16(2)12-21/h4,16-18H,1,5-15H2,2-3H3,(H,22,24). The number of amides is 1. The Labute approximate surface area is 157 Å². The van der Waals surface area contributed by atoms with E-state index in [1.807, 2.05) is 0 Å². The van der Waals surface area contributed by atoms with Gasteiger partial charge < -0.3 is 14.8 Å². The molecule has 26 heavy (non-hydrogen) atoms. The van der Waals surface area contributed by atoms with Crippen LogP contribution in [0.4, 0.5) is 4.79 Å². The maximum absolute atomic E-state index is 12.0. The highest BCUT2D eigenvalue weighted by Crippen LogP contribution is 2.38. The molecule has 5 nitrogen and oxygen atoms in total. The molecule has 148 valence electrons. The van der Waals surface area contributed by atoms with E-state index < -0.39 is 0 Å². The molecule has 2 aliphatic carbocycles. The van der Waals surface area contributed by atoms with Crippen molar-refractivity contribution in [2.75, 3.05) is 19.8 Å². The Morgan fingerprint density at radius 1 is 1.12 bits per heavy atom. The molecule has 0 aromatic rings. The molecule has 0 saturated heterocycles. The number of carbonyl (C=O) groups is 2. The van der Waals surface area contributed by atoms with E-state index in [1.165, 1.54) is 31.8 Å². The number of ether oxygens (including phenoxy) is 2. The molecule has 0 aromatic heterocycles. The van der Waals surface area contributed by atoms with E-state index in [4.69, 9.17) is 9.47 Å². The van der Waals surface area contributed by atoms with Gasteiger partial charge in [0.15, 0.2) is 0 Å². The lowest BCUT2D eigenvalue weighted by Gasteiger charge is -2.37. The summed E-state index contributed by atoms with van der Waals surface area (Å²) in [6.07, 6.45) is 9.86. The maximum atomic E-state index is 12.0. The van der Waals surface area contributed by atoms with Crippen molar-refractivity contribution < 1.29 is 19.1 Å². The van der Waals surface area contributed by atoms with Crippen molar-refractivity contribution in [2.45, 2.75) is 65.2 Å². The molecule has 5 heteroatoms. The van der Waals surface area contributed by atoms with E-state index in [2.05, 4.69) is 25.7 Å². The highest BCUT2D eigenvalue weighted by Gasteiger charge is 2.31. The lowest BCUT2D eigenvalue weighted by Crippen LogP contribution is -2.39. The quantitative estimate of drug-likeness (QED) is 0.534. The van der Waals surface area contributed by atoms with Gasteiger partial charge in [0.1, 0.15) is 0 Å². The first-order chi connectivity index (χ1) is 12.4. The average molecular weight is 366 g/mol. The van der Waals surface area contributed by atoms with Crippen molar-refractivity contribution >= 4 is 12.1 Å². The first-order valence-corrected chi connectivity index (χ1v) is 10.1. The topological polar surface area (TPSA) is 64.6 Å². The van der Waals surface area contributed by atoms with Crippen molar-refractivity contribution in [3.8, 4) is 0 Å². The van der Waals surface area contributed by atoms with Gasteiger partial charge in [-0.25, -0.2) is 9.59 Å². The summed E-state index contributed by atoms with van der Waals surface area (Å²) in [6, 6.07) is 0. The Hall–Kier alpha value is -1.52. The van der Waals surface area contributed by atoms with Gasteiger partial charge >= 0.3 is 12.1 Å². The maximum Gasteiger partial charge on any atom is 0.407 e. The molecule has 0 aromatic carbocycles. The fourth-order valence-electron chi connectivity index (χ4n) is 4.44. The molecular weight excluding hydrogens is 330 g/mol. The number of hydrogen-bond acceptors (Lipinski definition) is 4.